The first-order valence-electron chi connectivity index (χ1n) is 8.49. The summed E-state index contributed by atoms with van der Waals surface area (Å²) < 4.78 is 12.5. The second kappa shape index (κ2) is 8.18. The van der Waals surface area contributed by atoms with Crippen LogP contribution in [0.4, 0.5) is 10.5 Å². The van der Waals surface area contributed by atoms with E-state index in [0.717, 1.165) is 4.60 Å². The Labute approximate surface area is 161 Å². The third-order valence-corrected chi connectivity index (χ3v) is 9.23. The number of rotatable bonds is 5. The first-order valence-corrected chi connectivity index (χ1v) is 12.2. The summed E-state index contributed by atoms with van der Waals surface area (Å²) in [6.45, 7) is 17.4. The molecule has 1 aromatic rings. The van der Waals surface area contributed by atoms with Crippen LogP contribution in [0.25, 0.3) is 0 Å². The fraction of sp³-hybridized carbons (Fsp3) is 0.667. The average molecular weight is 431 g/mol. The second-order valence-corrected chi connectivity index (χ2v) is 14.2. The summed E-state index contributed by atoms with van der Waals surface area (Å²) in [7, 11) is -1.87. The van der Waals surface area contributed by atoms with E-state index in [-0.39, 0.29) is 5.04 Å². The first kappa shape index (κ1) is 22.1. The number of ether oxygens (including phenoxy) is 1. The van der Waals surface area contributed by atoms with Gasteiger partial charge in [-0.25, -0.2) is 9.78 Å². The Morgan fingerprint density at radius 2 is 1.80 bits per heavy atom. The van der Waals surface area contributed by atoms with Crippen LogP contribution in [0.15, 0.2) is 22.9 Å². The molecule has 1 aromatic heterocycles. The third kappa shape index (κ3) is 7.07. The molecular formula is C18H31BrN2O3Si. The minimum atomic E-state index is -1.87. The van der Waals surface area contributed by atoms with Gasteiger partial charge in [-0.1, -0.05) is 20.8 Å². The Bertz CT molecular complexity index is 577. The number of carbonyl (C=O) groups excluding carboxylic acids is 1. The summed E-state index contributed by atoms with van der Waals surface area (Å²) in [5, 5.41) is 0.128. The van der Waals surface area contributed by atoms with Crippen molar-refractivity contribution in [3.05, 3.63) is 22.9 Å². The molecule has 1 rings (SSSR count). The van der Waals surface area contributed by atoms with Crippen molar-refractivity contribution in [1.82, 2.24) is 4.98 Å². The van der Waals surface area contributed by atoms with E-state index in [1.165, 1.54) is 0 Å². The molecule has 0 radical (unpaired) electrons. The van der Waals surface area contributed by atoms with E-state index in [4.69, 9.17) is 9.16 Å². The number of halogens is 1. The van der Waals surface area contributed by atoms with E-state index in [2.05, 4.69) is 54.8 Å². The largest absolute Gasteiger partial charge is 0.443 e. The number of anilines is 1. The SMILES string of the molecule is CC(C)(C)OC(=O)N(CCO[Si](C)(C)C(C)(C)C)c1ccc(Br)nc1. The first-order chi connectivity index (χ1) is 11.2. The molecule has 0 aromatic carbocycles. The molecule has 0 saturated heterocycles. The molecule has 142 valence electrons. The summed E-state index contributed by atoms with van der Waals surface area (Å²) >= 11 is 3.32. The van der Waals surface area contributed by atoms with Gasteiger partial charge in [0.1, 0.15) is 10.2 Å². The van der Waals surface area contributed by atoms with E-state index in [1.807, 2.05) is 26.8 Å². The van der Waals surface area contributed by atoms with Crippen molar-refractivity contribution in [2.75, 3.05) is 18.1 Å². The predicted octanol–water partition coefficient (Wildman–Crippen LogP) is 5.61. The number of aromatic nitrogens is 1. The number of amides is 1. The predicted molar refractivity (Wildman–Crippen MR) is 109 cm³/mol. The Balaban J connectivity index is 2.89. The molecule has 0 atom stereocenters. The quantitative estimate of drug-likeness (QED) is 0.449. The molecule has 7 heteroatoms. The molecular weight excluding hydrogens is 400 g/mol. The second-order valence-electron chi connectivity index (χ2n) is 8.58. The lowest BCUT2D eigenvalue weighted by Crippen LogP contribution is -2.44. The van der Waals surface area contributed by atoms with Gasteiger partial charge in [0.05, 0.1) is 25.0 Å². The molecule has 1 amide bonds. The van der Waals surface area contributed by atoms with Crippen LogP contribution in [0, 0.1) is 0 Å². The highest BCUT2D eigenvalue weighted by Gasteiger charge is 2.37. The Hall–Kier alpha value is -0.923. The minimum absolute atomic E-state index is 0.128. The number of carbonyl (C=O) groups is 1. The van der Waals surface area contributed by atoms with Crippen molar-refractivity contribution in [1.29, 1.82) is 0 Å². The van der Waals surface area contributed by atoms with Gasteiger partial charge in [-0.15, -0.1) is 0 Å². The highest BCUT2D eigenvalue weighted by molar-refractivity contribution is 9.10. The van der Waals surface area contributed by atoms with Crippen LogP contribution in [-0.2, 0) is 9.16 Å². The summed E-state index contributed by atoms with van der Waals surface area (Å²) in [6.07, 6.45) is 1.26. The van der Waals surface area contributed by atoms with Crippen molar-refractivity contribution in [2.24, 2.45) is 0 Å². The molecule has 0 aliphatic carbocycles. The fourth-order valence-corrected chi connectivity index (χ4v) is 3.05. The maximum Gasteiger partial charge on any atom is 0.414 e. The zero-order valence-electron chi connectivity index (χ0n) is 16.6. The Morgan fingerprint density at radius 3 is 2.24 bits per heavy atom. The van der Waals surface area contributed by atoms with Crippen LogP contribution < -0.4 is 4.90 Å². The van der Waals surface area contributed by atoms with Gasteiger partial charge >= 0.3 is 6.09 Å². The van der Waals surface area contributed by atoms with Gasteiger partial charge in [0, 0.05) is 0 Å². The van der Waals surface area contributed by atoms with E-state index in [0.29, 0.717) is 18.8 Å². The summed E-state index contributed by atoms with van der Waals surface area (Å²) in [5.41, 5.74) is 0.134. The zero-order valence-corrected chi connectivity index (χ0v) is 19.2. The molecule has 0 aliphatic heterocycles. The highest BCUT2D eigenvalue weighted by Crippen LogP contribution is 2.36. The van der Waals surface area contributed by atoms with Gasteiger partial charge in [-0.05, 0) is 67.0 Å². The van der Waals surface area contributed by atoms with Crippen LogP contribution in [0.3, 0.4) is 0 Å². The fourth-order valence-electron chi connectivity index (χ4n) is 1.78. The summed E-state index contributed by atoms with van der Waals surface area (Å²) in [4.78, 5) is 18.4. The van der Waals surface area contributed by atoms with Gasteiger partial charge in [0.2, 0.25) is 0 Å². The topological polar surface area (TPSA) is 51.7 Å². The molecule has 5 nitrogen and oxygen atoms in total. The lowest BCUT2D eigenvalue weighted by atomic mass is 10.2. The van der Waals surface area contributed by atoms with E-state index < -0.39 is 20.0 Å². The standard InChI is InChI=1S/C18H31BrN2O3Si/c1-17(2,3)24-16(22)21(14-9-10-15(19)20-13-14)11-12-23-25(7,8)18(4,5)6/h9-10,13H,11-12H2,1-8H3. The average Bonchev–Trinajstić information content (AvgIpc) is 2.41. The Morgan fingerprint density at radius 1 is 1.20 bits per heavy atom. The van der Waals surface area contributed by atoms with Gasteiger partial charge < -0.3 is 9.16 Å². The highest BCUT2D eigenvalue weighted by atomic mass is 79.9. The molecule has 25 heavy (non-hydrogen) atoms. The third-order valence-electron chi connectivity index (χ3n) is 4.22. The van der Waals surface area contributed by atoms with Crippen LogP contribution in [0.2, 0.25) is 18.1 Å². The minimum Gasteiger partial charge on any atom is -0.443 e. The molecule has 0 saturated carbocycles. The van der Waals surface area contributed by atoms with Crippen LogP contribution in [-0.4, -0.2) is 38.1 Å². The smallest absolute Gasteiger partial charge is 0.414 e. The molecule has 1 heterocycles. The van der Waals surface area contributed by atoms with E-state index >= 15 is 0 Å². The van der Waals surface area contributed by atoms with Crippen molar-refractivity contribution in [2.45, 2.75) is 65.3 Å². The monoisotopic (exact) mass is 430 g/mol. The molecule has 0 aliphatic rings. The van der Waals surface area contributed by atoms with Gasteiger partial charge in [-0.3, -0.25) is 4.90 Å². The van der Waals surface area contributed by atoms with Crippen LogP contribution >= 0.6 is 15.9 Å². The lowest BCUT2D eigenvalue weighted by molar-refractivity contribution is 0.0574. The van der Waals surface area contributed by atoms with Gasteiger partial charge in [0.25, 0.3) is 0 Å². The normalized spacial score (nSPS) is 12.8. The number of nitrogens with zero attached hydrogens (tertiary/aromatic N) is 2. The van der Waals surface area contributed by atoms with Crippen molar-refractivity contribution >= 4 is 36.0 Å². The number of hydrogen-bond donors (Lipinski definition) is 0. The van der Waals surface area contributed by atoms with Gasteiger partial charge in [-0.2, -0.15) is 0 Å². The van der Waals surface area contributed by atoms with Crippen molar-refractivity contribution in [3.63, 3.8) is 0 Å². The Kier molecular flexibility index (Phi) is 7.24. The van der Waals surface area contributed by atoms with E-state index in [9.17, 15) is 4.79 Å². The molecule has 0 spiro atoms. The van der Waals surface area contributed by atoms with E-state index in [1.54, 1.807) is 17.2 Å². The molecule has 0 fully saturated rings. The number of pyridine rings is 1. The van der Waals surface area contributed by atoms with Crippen molar-refractivity contribution < 1.29 is 14.0 Å². The maximum absolute atomic E-state index is 12.6. The zero-order chi connectivity index (χ0) is 19.5. The number of hydrogen-bond acceptors (Lipinski definition) is 4. The lowest BCUT2D eigenvalue weighted by Gasteiger charge is -2.37. The van der Waals surface area contributed by atoms with Crippen LogP contribution in [0.5, 0.6) is 0 Å². The summed E-state index contributed by atoms with van der Waals surface area (Å²) in [5.74, 6) is 0. The van der Waals surface area contributed by atoms with Gasteiger partial charge in [0.15, 0.2) is 8.32 Å². The molecule has 0 N–H and O–H groups in total. The summed E-state index contributed by atoms with van der Waals surface area (Å²) in [6, 6.07) is 3.65. The maximum atomic E-state index is 12.6. The molecule has 0 unspecified atom stereocenters. The van der Waals surface area contributed by atoms with Crippen molar-refractivity contribution in [3.8, 4) is 0 Å². The molecule has 0 bridgehead atoms. The van der Waals surface area contributed by atoms with Crippen LogP contribution in [0.1, 0.15) is 41.5 Å².